The Bertz CT molecular complexity index is 382. The van der Waals surface area contributed by atoms with E-state index in [9.17, 15) is 9.90 Å². The molecule has 0 bridgehead atoms. The first kappa shape index (κ1) is 12.2. The van der Waals surface area contributed by atoms with Gasteiger partial charge in [-0.1, -0.05) is 30.3 Å². The number of rotatable bonds is 3. The van der Waals surface area contributed by atoms with Gasteiger partial charge in [0.15, 0.2) is 0 Å². The predicted octanol–water partition coefficient (Wildman–Crippen LogP) is 1.23. The number of hydrogen-bond acceptors (Lipinski definition) is 2. The van der Waals surface area contributed by atoms with Crippen LogP contribution in [-0.4, -0.2) is 36.3 Å². The number of carbonyl (C=O) groups excluding carboxylic acids is 1. The number of amides is 1. The zero-order valence-corrected chi connectivity index (χ0v) is 9.75. The average Bonchev–Trinajstić information content (AvgIpc) is 2.35. The number of aliphatic hydroxyl groups excluding tert-OH is 1. The van der Waals surface area contributed by atoms with E-state index in [0.717, 1.165) is 18.4 Å². The van der Waals surface area contributed by atoms with Crippen LogP contribution in [0.15, 0.2) is 30.3 Å². The number of nitrogens with zero attached hydrogens (tertiary/aromatic N) is 1. The van der Waals surface area contributed by atoms with E-state index >= 15 is 0 Å². The van der Waals surface area contributed by atoms with Crippen molar-refractivity contribution in [3.05, 3.63) is 35.9 Å². The molecule has 0 aromatic heterocycles. The Morgan fingerprint density at radius 3 is 2.71 bits per heavy atom. The van der Waals surface area contributed by atoms with Gasteiger partial charge in [-0.3, -0.25) is 4.79 Å². The van der Waals surface area contributed by atoms with Gasteiger partial charge in [-0.15, -0.1) is 0 Å². The van der Waals surface area contributed by atoms with Crippen LogP contribution in [0.4, 0.5) is 0 Å². The molecule has 2 rings (SSSR count). The van der Waals surface area contributed by atoms with E-state index in [4.69, 9.17) is 7.85 Å². The van der Waals surface area contributed by atoms with Crippen molar-refractivity contribution in [2.24, 2.45) is 0 Å². The number of benzene rings is 1. The number of likely N-dealkylation sites (tertiary alicyclic amines) is 1. The van der Waals surface area contributed by atoms with Gasteiger partial charge in [-0.05, 0) is 24.3 Å². The lowest BCUT2D eigenvalue weighted by Crippen LogP contribution is -2.47. The minimum Gasteiger partial charge on any atom is -0.394 e. The van der Waals surface area contributed by atoms with Crippen molar-refractivity contribution in [2.45, 2.75) is 31.2 Å². The molecular formula is C13H16BNO2. The summed E-state index contributed by atoms with van der Waals surface area (Å²) in [5.41, 5.74) is 0.931. The zero-order chi connectivity index (χ0) is 12.3. The quantitative estimate of drug-likeness (QED) is 0.792. The molecule has 1 aromatic rings. The monoisotopic (exact) mass is 229 g/mol. The molecule has 1 fully saturated rings. The summed E-state index contributed by atoms with van der Waals surface area (Å²) in [4.78, 5) is 13.5. The molecular weight excluding hydrogens is 213 g/mol. The highest BCUT2D eigenvalue weighted by molar-refractivity contribution is 6.13. The minimum absolute atomic E-state index is 0.0339. The fourth-order valence-corrected chi connectivity index (χ4v) is 2.35. The summed E-state index contributed by atoms with van der Waals surface area (Å²) in [7, 11) is 5.98. The molecule has 0 spiro atoms. The number of piperidine rings is 1. The maximum absolute atomic E-state index is 11.9. The lowest BCUT2D eigenvalue weighted by atomic mass is 9.84. The third-order valence-corrected chi connectivity index (χ3v) is 3.23. The summed E-state index contributed by atoms with van der Waals surface area (Å²) in [6.45, 7) is -0.0938. The molecule has 1 aliphatic rings. The minimum atomic E-state index is -0.320. The van der Waals surface area contributed by atoms with Crippen LogP contribution in [-0.2, 0) is 4.79 Å². The Morgan fingerprint density at radius 2 is 2.12 bits per heavy atom. The Balaban J connectivity index is 2.25. The SMILES string of the molecule is [B]C1CCCC(=O)N1C(CO)c1ccccc1. The first-order chi connectivity index (χ1) is 8.24. The van der Waals surface area contributed by atoms with E-state index in [1.54, 1.807) is 4.90 Å². The van der Waals surface area contributed by atoms with Gasteiger partial charge in [0.1, 0.15) is 0 Å². The lowest BCUT2D eigenvalue weighted by Gasteiger charge is -2.39. The summed E-state index contributed by atoms with van der Waals surface area (Å²) < 4.78 is 0. The Labute approximate surface area is 103 Å². The predicted molar refractivity (Wildman–Crippen MR) is 66.5 cm³/mol. The molecule has 1 aromatic carbocycles. The Kier molecular flexibility index (Phi) is 3.84. The second-order valence-electron chi connectivity index (χ2n) is 4.37. The summed E-state index contributed by atoms with van der Waals surface area (Å²) in [5.74, 6) is -0.250. The van der Waals surface area contributed by atoms with Crippen molar-refractivity contribution in [3.63, 3.8) is 0 Å². The maximum Gasteiger partial charge on any atom is 0.222 e. The Morgan fingerprint density at radius 1 is 1.41 bits per heavy atom. The van der Waals surface area contributed by atoms with Crippen molar-refractivity contribution < 1.29 is 9.90 Å². The molecule has 2 unspecified atom stereocenters. The summed E-state index contributed by atoms with van der Waals surface area (Å²) in [6, 6.07) is 9.22. The van der Waals surface area contributed by atoms with Crippen LogP contribution in [0.1, 0.15) is 30.9 Å². The molecule has 2 atom stereocenters. The molecule has 1 saturated heterocycles. The summed E-state index contributed by atoms with van der Waals surface area (Å²) >= 11 is 0. The first-order valence-corrected chi connectivity index (χ1v) is 5.96. The smallest absolute Gasteiger partial charge is 0.222 e. The molecule has 1 amide bonds. The zero-order valence-electron chi connectivity index (χ0n) is 9.75. The highest BCUT2D eigenvalue weighted by atomic mass is 16.3. The second-order valence-corrected chi connectivity index (χ2v) is 4.37. The second kappa shape index (κ2) is 5.36. The van der Waals surface area contributed by atoms with Gasteiger partial charge in [-0.2, -0.15) is 0 Å². The van der Waals surface area contributed by atoms with Gasteiger partial charge >= 0.3 is 0 Å². The average molecular weight is 229 g/mol. The van der Waals surface area contributed by atoms with E-state index in [0.29, 0.717) is 6.42 Å². The molecule has 1 aliphatic heterocycles. The number of hydrogen-bond donors (Lipinski definition) is 1. The van der Waals surface area contributed by atoms with E-state index in [-0.39, 0.29) is 24.5 Å². The van der Waals surface area contributed by atoms with E-state index < -0.39 is 0 Å². The normalized spacial score (nSPS) is 22.5. The van der Waals surface area contributed by atoms with Crippen LogP contribution in [0.25, 0.3) is 0 Å². The van der Waals surface area contributed by atoms with Gasteiger partial charge in [0, 0.05) is 6.42 Å². The number of aliphatic hydroxyl groups is 1. The van der Waals surface area contributed by atoms with Gasteiger partial charge in [0.2, 0.25) is 5.91 Å². The third kappa shape index (κ3) is 2.52. The van der Waals surface area contributed by atoms with Crippen LogP contribution in [0.5, 0.6) is 0 Å². The van der Waals surface area contributed by atoms with Crippen LogP contribution in [0.3, 0.4) is 0 Å². The van der Waals surface area contributed by atoms with Crippen molar-refractivity contribution in [3.8, 4) is 0 Å². The molecule has 88 valence electrons. The maximum atomic E-state index is 11.9. The molecule has 0 saturated carbocycles. The molecule has 17 heavy (non-hydrogen) atoms. The molecule has 1 N–H and O–H groups in total. The highest BCUT2D eigenvalue weighted by Gasteiger charge is 2.31. The Hall–Kier alpha value is -1.29. The largest absolute Gasteiger partial charge is 0.394 e. The molecule has 4 heteroatoms. The fourth-order valence-electron chi connectivity index (χ4n) is 2.35. The lowest BCUT2D eigenvalue weighted by molar-refractivity contribution is -0.138. The molecule has 1 heterocycles. The van der Waals surface area contributed by atoms with E-state index in [1.807, 2.05) is 30.3 Å². The van der Waals surface area contributed by atoms with Crippen LogP contribution >= 0.6 is 0 Å². The molecule has 2 radical (unpaired) electrons. The van der Waals surface area contributed by atoms with Crippen LogP contribution < -0.4 is 0 Å². The highest BCUT2D eigenvalue weighted by Crippen LogP contribution is 2.27. The van der Waals surface area contributed by atoms with Crippen molar-refractivity contribution in [2.75, 3.05) is 6.61 Å². The molecule has 0 aliphatic carbocycles. The van der Waals surface area contributed by atoms with Crippen molar-refractivity contribution >= 4 is 13.8 Å². The van der Waals surface area contributed by atoms with Crippen LogP contribution in [0, 0.1) is 0 Å². The van der Waals surface area contributed by atoms with E-state index in [2.05, 4.69) is 0 Å². The summed E-state index contributed by atoms with van der Waals surface area (Å²) in [6.07, 6.45) is 2.16. The standard InChI is InChI=1S/C13H16BNO2/c14-12-7-4-8-13(17)15(12)11(9-16)10-5-2-1-3-6-10/h1-3,5-6,11-12,16H,4,7-9H2. The topological polar surface area (TPSA) is 40.5 Å². The first-order valence-electron chi connectivity index (χ1n) is 5.96. The van der Waals surface area contributed by atoms with Gasteiger partial charge in [0.05, 0.1) is 20.5 Å². The van der Waals surface area contributed by atoms with Gasteiger partial charge in [-0.25, -0.2) is 0 Å². The number of carbonyl (C=O) groups is 1. The summed E-state index contributed by atoms with van der Waals surface area (Å²) in [5, 5.41) is 9.52. The van der Waals surface area contributed by atoms with Crippen molar-refractivity contribution in [1.29, 1.82) is 0 Å². The van der Waals surface area contributed by atoms with Crippen molar-refractivity contribution in [1.82, 2.24) is 4.90 Å². The van der Waals surface area contributed by atoms with E-state index in [1.165, 1.54) is 0 Å². The van der Waals surface area contributed by atoms with Crippen LogP contribution in [0.2, 0.25) is 0 Å². The third-order valence-electron chi connectivity index (χ3n) is 3.23. The fraction of sp³-hybridized carbons (Fsp3) is 0.462. The molecule has 3 nitrogen and oxygen atoms in total. The van der Waals surface area contributed by atoms with Gasteiger partial charge in [0.25, 0.3) is 0 Å². The van der Waals surface area contributed by atoms with Gasteiger partial charge < -0.3 is 10.0 Å².